The minimum absolute atomic E-state index is 0. The van der Waals surface area contributed by atoms with Gasteiger partial charge in [0.05, 0.1) is 4.90 Å². The summed E-state index contributed by atoms with van der Waals surface area (Å²) in [6.45, 7) is 7.46. The van der Waals surface area contributed by atoms with Crippen molar-refractivity contribution in [3.8, 4) is 0 Å². The lowest BCUT2D eigenvalue weighted by Gasteiger charge is -2.32. The van der Waals surface area contributed by atoms with Crippen LogP contribution < -0.4 is 5.32 Å². The molecule has 1 aliphatic rings. The Labute approximate surface area is 152 Å². The SMILES string of the molecule is CCNCC1CCN(Cc2ccc(S(=O)(=O)N(C)C)cc2)CC1.Cl. The van der Waals surface area contributed by atoms with Gasteiger partial charge in [0.2, 0.25) is 10.0 Å². The zero-order valence-corrected chi connectivity index (χ0v) is 16.5. The number of hydrogen-bond acceptors (Lipinski definition) is 4. The second-order valence-corrected chi connectivity index (χ2v) is 8.61. The molecule has 1 heterocycles. The van der Waals surface area contributed by atoms with Crippen molar-refractivity contribution < 1.29 is 8.42 Å². The van der Waals surface area contributed by atoms with Crippen molar-refractivity contribution in [2.45, 2.75) is 31.2 Å². The highest BCUT2D eigenvalue weighted by atomic mass is 35.5. The van der Waals surface area contributed by atoms with Gasteiger partial charge in [0.1, 0.15) is 0 Å². The first-order valence-corrected chi connectivity index (χ1v) is 9.82. The summed E-state index contributed by atoms with van der Waals surface area (Å²) in [7, 11) is -0.217. The highest BCUT2D eigenvalue weighted by Gasteiger charge is 2.20. The number of halogens is 1. The van der Waals surface area contributed by atoms with Crippen LogP contribution in [0.2, 0.25) is 0 Å². The van der Waals surface area contributed by atoms with Crippen LogP contribution in [0.1, 0.15) is 25.3 Å². The maximum absolute atomic E-state index is 12.1. The Morgan fingerprint density at radius 1 is 1.17 bits per heavy atom. The van der Waals surface area contributed by atoms with Gasteiger partial charge in [0.15, 0.2) is 0 Å². The maximum atomic E-state index is 12.1. The number of hydrogen-bond donors (Lipinski definition) is 1. The van der Waals surface area contributed by atoms with Crippen molar-refractivity contribution in [1.29, 1.82) is 0 Å². The molecule has 24 heavy (non-hydrogen) atoms. The summed E-state index contributed by atoms with van der Waals surface area (Å²) in [5.74, 6) is 0.791. The Kier molecular flexibility index (Phi) is 8.67. The van der Waals surface area contributed by atoms with E-state index in [1.165, 1.54) is 22.7 Å². The van der Waals surface area contributed by atoms with Crippen LogP contribution in [0.4, 0.5) is 0 Å². The molecule has 2 rings (SSSR count). The van der Waals surface area contributed by atoms with Crippen LogP contribution in [0.25, 0.3) is 0 Å². The molecule has 1 N–H and O–H groups in total. The van der Waals surface area contributed by atoms with E-state index in [2.05, 4.69) is 17.1 Å². The van der Waals surface area contributed by atoms with Crippen LogP contribution >= 0.6 is 12.4 Å². The average Bonchev–Trinajstić information content (AvgIpc) is 2.54. The molecule has 0 atom stereocenters. The largest absolute Gasteiger partial charge is 0.317 e. The molecule has 5 nitrogen and oxygen atoms in total. The van der Waals surface area contributed by atoms with Gasteiger partial charge in [-0.3, -0.25) is 4.90 Å². The molecule has 138 valence electrons. The fourth-order valence-electron chi connectivity index (χ4n) is 2.93. The normalized spacial score (nSPS) is 17.0. The van der Waals surface area contributed by atoms with Crippen molar-refractivity contribution in [3.05, 3.63) is 29.8 Å². The Morgan fingerprint density at radius 2 is 1.75 bits per heavy atom. The number of piperidine rings is 1. The minimum Gasteiger partial charge on any atom is -0.317 e. The highest BCUT2D eigenvalue weighted by molar-refractivity contribution is 7.89. The summed E-state index contributed by atoms with van der Waals surface area (Å²) >= 11 is 0. The topological polar surface area (TPSA) is 52.7 Å². The molecule has 1 aliphatic heterocycles. The molecule has 1 fully saturated rings. The Morgan fingerprint density at radius 3 is 2.25 bits per heavy atom. The van der Waals surface area contributed by atoms with Gasteiger partial charge in [0, 0.05) is 20.6 Å². The molecular formula is C17H30ClN3O2S. The third kappa shape index (κ3) is 5.70. The van der Waals surface area contributed by atoms with E-state index in [1.807, 2.05) is 12.1 Å². The molecule has 0 bridgehead atoms. The number of likely N-dealkylation sites (tertiary alicyclic amines) is 1. The van der Waals surface area contributed by atoms with Gasteiger partial charge >= 0.3 is 0 Å². The van der Waals surface area contributed by atoms with E-state index < -0.39 is 10.0 Å². The van der Waals surface area contributed by atoms with E-state index in [0.717, 1.165) is 38.6 Å². The van der Waals surface area contributed by atoms with Crippen LogP contribution in [-0.4, -0.2) is 57.9 Å². The van der Waals surface area contributed by atoms with Crippen molar-refractivity contribution in [3.63, 3.8) is 0 Å². The monoisotopic (exact) mass is 375 g/mol. The Balaban J connectivity index is 0.00000288. The zero-order chi connectivity index (χ0) is 16.9. The average molecular weight is 376 g/mol. The van der Waals surface area contributed by atoms with E-state index in [0.29, 0.717) is 4.90 Å². The minimum atomic E-state index is -3.33. The summed E-state index contributed by atoms with van der Waals surface area (Å²) in [6, 6.07) is 7.29. The number of nitrogens with zero attached hydrogens (tertiary/aromatic N) is 2. The van der Waals surface area contributed by atoms with Gasteiger partial charge in [-0.25, -0.2) is 12.7 Å². The van der Waals surface area contributed by atoms with Crippen LogP contribution in [-0.2, 0) is 16.6 Å². The zero-order valence-electron chi connectivity index (χ0n) is 14.9. The van der Waals surface area contributed by atoms with Crippen LogP contribution in [0.5, 0.6) is 0 Å². The third-order valence-electron chi connectivity index (χ3n) is 4.50. The van der Waals surface area contributed by atoms with Crippen molar-refractivity contribution in [1.82, 2.24) is 14.5 Å². The van der Waals surface area contributed by atoms with Crippen molar-refractivity contribution in [2.24, 2.45) is 5.92 Å². The number of nitrogens with one attached hydrogen (secondary N) is 1. The second kappa shape index (κ2) is 9.73. The number of rotatable bonds is 7. The second-order valence-electron chi connectivity index (χ2n) is 6.46. The lowest BCUT2D eigenvalue weighted by molar-refractivity contribution is 0.176. The Bertz CT molecular complexity index is 582. The Hall–Kier alpha value is -0.660. The summed E-state index contributed by atoms with van der Waals surface area (Å²) < 4.78 is 25.4. The summed E-state index contributed by atoms with van der Waals surface area (Å²) in [4.78, 5) is 2.81. The van der Waals surface area contributed by atoms with E-state index in [1.54, 1.807) is 26.2 Å². The summed E-state index contributed by atoms with van der Waals surface area (Å²) in [5.41, 5.74) is 1.17. The van der Waals surface area contributed by atoms with Crippen molar-refractivity contribution in [2.75, 3.05) is 40.3 Å². The van der Waals surface area contributed by atoms with Crippen LogP contribution in [0.3, 0.4) is 0 Å². The van der Waals surface area contributed by atoms with Crippen molar-refractivity contribution >= 4 is 22.4 Å². The van der Waals surface area contributed by atoms with Crippen LogP contribution in [0.15, 0.2) is 29.2 Å². The molecule has 0 aliphatic carbocycles. The first-order valence-electron chi connectivity index (χ1n) is 8.38. The molecule has 1 aromatic rings. The highest BCUT2D eigenvalue weighted by Crippen LogP contribution is 2.20. The van der Waals surface area contributed by atoms with Gasteiger partial charge in [0.25, 0.3) is 0 Å². The predicted molar refractivity (Wildman–Crippen MR) is 101 cm³/mol. The van der Waals surface area contributed by atoms with Crippen LogP contribution in [0, 0.1) is 5.92 Å². The van der Waals surface area contributed by atoms with Gasteiger partial charge < -0.3 is 5.32 Å². The molecule has 1 saturated heterocycles. The molecule has 7 heteroatoms. The van der Waals surface area contributed by atoms with Gasteiger partial charge in [-0.15, -0.1) is 12.4 Å². The molecule has 0 aromatic heterocycles. The number of benzene rings is 1. The molecular weight excluding hydrogens is 346 g/mol. The summed E-state index contributed by atoms with van der Waals surface area (Å²) in [5, 5.41) is 3.43. The van der Waals surface area contributed by atoms with Gasteiger partial charge in [-0.2, -0.15) is 0 Å². The quantitative estimate of drug-likeness (QED) is 0.793. The first kappa shape index (κ1) is 21.4. The molecule has 0 radical (unpaired) electrons. The van der Waals surface area contributed by atoms with Gasteiger partial charge in [-0.05, 0) is 62.6 Å². The predicted octanol–water partition coefficient (Wildman–Crippen LogP) is 2.18. The standard InChI is InChI=1S/C17H29N3O2S.ClH/c1-4-18-13-15-9-11-20(12-10-15)14-16-5-7-17(8-6-16)23(21,22)19(2)3;/h5-8,15,18H,4,9-14H2,1-3H3;1H. The first-order chi connectivity index (χ1) is 10.9. The van der Waals surface area contributed by atoms with E-state index in [4.69, 9.17) is 0 Å². The lowest BCUT2D eigenvalue weighted by Crippen LogP contribution is -2.36. The molecule has 0 spiro atoms. The molecule has 0 unspecified atom stereocenters. The third-order valence-corrected chi connectivity index (χ3v) is 6.33. The fourth-order valence-corrected chi connectivity index (χ4v) is 3.83. The lowest BCUT2D eigenvalue weighted by atomic mass is 9.96. The molecule has 0 amide bonds. The molecule has 1 aromatic carbocycles. The fraction of sp³-hybridized carbons (Fsp3) is 0.647. The van der Waals surface area contributed by atoms with E-state index in [9.17, 15) is 8.42 Å². The van der Waals surface area contributed by atoms with E-state index >= 15 is 0 Å². The van der Waals surface area contributed by atoms with E-state index in [-0.39, 0.29) is 12.4 Å². The maximum Gasteiger partial charge on any atom is 0.242 e. The number of sulfonamides is 1. The van der Waals surface area contributed by atoms with Gasteiger partial charge in [-0.1, -0.05) is 19.1 Å². The smallest absolute Gasteiger partial charge is 0.242 e. The molecule has 0 saturated carbocycles. The summed E-state index contributed by atoms with van der Waals surface area (Å²) in [6.07, 6.45) is 2.47.